The van der Waals surface area contributed by atoms with Crippen LogP contribution in [0, 0.1) is 0 Å². The normalized spacial score (nSPS) is 11.5. The molecule has 0 radical (unpaired) electrons. The summed E-state index contributed by atoms with van der Waals surface area (Å²) in [7, 11) is 0. The SMILES string of the molecule is c1ccc(-c2cnc(-c3ccc(-c4nc(-c5ccccc5)cc(-c5ccc(-c6ccc(-c7ccc8oc9ccccc9c8c7)c7oc8ccccc8c67)cc5)n4)cc3)nc2)cc1. The zero-order valence-electron chi connectivity index (χ0n) is 33.2. The molecular formula is C56H34N4O2. The Morgan fingerprint density at radius 2 is 0.823 bits per heavy atom. The minimum atomic E-state index is 0.640. The second-order valence-electron chi connectivity index (χ2n) is 15.4. The molecule has 0 spiro atoms. The molecule has 0 aliphatic heterocycles. The third-order valence-electron chi connectivity index (χ3n) is 11.7. The number of hydrogen-bond acceptors (Lipinski definition) is 6. The van der Waals surface area contributed by atoms with Crippen molar-refractivity contribution in [3.05, 3.63) is 207 Å². The van der Waals surface area contributed by atoms with Gasteiger partial charge in [0.25, 0.3) is 0 Å². The molecule has 0 N–H and O–H groups in total. The van der Waals surface area contributed by atoms with E-state index in [1.807, 2.05) is 97.3 Å². The maximum absolute atomic E-state index is 6.69. The van der Waals surface area contributed by atoms with Crippen molar-refractivity contribution in [3.63, 3.8) is 0 Å². The summed E-state index contributed by atoms with van der Waals surface area (Å²) in [4.78, 5) is 19.6. The Hall–Kier alpha value is -8.48. The fourth-order valence-corrected chi connectivity index (χ4v) is 8.52. The first-order valence-electron chi connectivity index (χ1n) is 20.6. The molecule has 0 fully saturated rings. The summed E-state index contributed by atoms with van der Waals surface area (Å²) in [5, 5.41) is 4.34. The van der Waals surface area contributed by atoms with Gasteiger partial charge in [-0.1, -0.05) is 158 Å². The third kappa shape index (κ3) is 6.21. The van der Waals surface area contributed by atoms with Gasteiger partial charge < -0.3 is 8.83 Å². The van der Waals surface area contributed by atoms with Crippen molar-refractivity contribution in [1.29, 1.82) is 0 Å². The second-order valence-corrected chi connectivity index (χ2v) is 15.4. The minimum absolute atomic E-state index is 0.640. The molecule has 12 rings (SSSR count). The van der Waals surface area contributed by atoms with Crippen LogP contribution < -0.4 is 0 Å². The first-order valence-corrected chi connectivity index (χ1v) is 20.6. The van der Waals surface area contributed by atoms with Crippen LogP contribution in [0.2, 0.25) is 0 Å². The number of nitrogens with zero attached hydrogens (tertiary/aromatic N) is 4. The molecule has 0 unspecified atom stereocenters. The standard InChI is InChI=1S/C56H34N4O2/c1-3-11-35(12-4-1)42-33-57-55(58-34-42)39-23-25-40(26-24-39)56-59-48(37-13-5-2-6-14-37)32-49(60-56)38-21-19-36(20-22-38)43-28-29-44(54-53(43)46-16-8-10-18-51(46)62-54)41-27-30-52-47(31-41)45-15-7-9-17-50(45)61-52/h1-34H. The number of benzene rings is 8. The van der Waals surface area contributed by atoms with Crippen molar-refractivity contribution in [2.24, 2.45) is 0 Å². The van der Waals surface area contributed by atoms with Gasteiger partial charge in [0.15, 0.2) is 11.6 Å². The lowest BCUT2D eigenvalue weighted by molar-refractivity contribution is 0.668. The van der Waals surface area contributed by atoms with Crippen LogP contribution in [0.25, 0.3) is 123 Å². The topological polar surface area (TPSA) is 77.8 Å². The molecule has 4 heterocycles. The van der Waals surface area contributed by atoms with E-state index in [1.54, 1.807) is 0 Å². The molecule has 0 amide bonds. The van der Waals surface area contributed by atoms with E-state index in [-0.39, 0.29) is 0 Å². The molecule has 0 aliphatic carbocycles. The zero-order chi connectivity index (χ0) is 41.0. The molecule has 62 heavy (non-hydrogen) atoms. The van der Waals surface area contributed by atoms with Gasteiger partial charge in [-0.3, -0.25) is 0 Å². The van der Waals surface area contributed by atoms with Crippen LogP contribution in [0.5, 0.6) is 0 Å². The monoisotopic (exact) mass is 794 g/mol. The molecule has 0 saturated carbocycles. The Morgan fingerprint density at radius 1 is 0.306 bits per heavy atom. The van der Waals surface area contributed by atoms with E-state index < -0.39 is 0 Å². The number of hydrogen-bond donors (Lipinski definition) is 0. The second kappa shape index (κ2) is 14.7. The maximum atomic E-state index is 6.69. The van der Waals surface area contributed by atoms with Crippen molar-refractivity contribution in [2.75, 3.05) is 0 Å². The number of fused-ring (bicyclic) bond motifs is 6. The number of furan rings is 2. The van der Waals surface area contributed by atoms with Gasteiger partial charge in [0.1, 0.15) is 22.3 Å². The lowest BCUT2D eigenvalue weighted by atomic mass is 9.93. The Kier molecular flexibility index (Phi) is 8.38. The molecule has 4 aromatic heterocycles. The highest BCUT2D eigenvalue weighted by molar-refractivity contribution is 6.17. The fraction of sp³-hybridized carbons (Fsp3) is 0. The van der Waals surface area contributed by atoms with Gasteiger partial charge in [-0.05, 0) is 58.7 Å². The van der Waals surface area contributed by atoms with Gasteiger partial charge >= 0.3 is 0 Å². The predicted molar refractivity (Wildman–Crippen MR) is 250 cm³/mol. The summed E-state index contributed by atoms with van der Waals surface area (Å²) < 4.78 is 12.8. The minimum Gasteiger partial charge on any atom is -0.456 e. The third-order valence-corrected chi connectivity index (χ3v) is 11.7. The van der Waals surface area contributed by atoms with Crippen LogP contribution in [0.1, 0.15) is 0 Å². The lowest BCUT2D eigenvalue weighted by Gasteiger charge is -2.11. The van der Waals surface area contributed by atoms with Crippen molar-refractivity contribution in [3.8, 4) is 78.7 Å². The zero-order valence-corrected chi connectivity index (χ0v) is 33.2. The van der Waals surface area contributed by atoms with Crippen molar-refractivity contribution < 1.29 is 8.83 Å². The van der Waals surface area contributed by atoms with Gasteiger partial charge in [-0.2, -0.15) is 0 Å². The Morgan fingerprint density at radius 3 is 1.53 bits per heavy atom. The molecular weight excluding hydrogens is 761 g/mol. The Balaban J connectivity index is 0.910. The van der Waals surface area contributed by atoms with E-state index in [0.717, 1.165) is 111 Å². The molecule has 0 atom stereocenters. The maximum Gasteiger partial charge on any atom is 0.160 e. The molecule has 0 bridgehead atoms. The highest BCUT2D eigenvalue weighted by Crippen LogP contribution is 2.43. The molecule has 8 aromatic carbocycles. The van der Waals surface area contributed by atoms with E-state index in [2.05, 4.69) is 119 Å². The highest BCUT2D eigenvalue weighted by Gasteiger charge is 2.19. The van der Waals surface area contributed by atoms with Crippen molar-refractivity contribution in [2.45, 2.75) is 0 Å². The average Bonchev–Trinajstić information content (AvgIpc) is 3.93. The highest BCUT2D eigenvalue weighted by atomic mass is 16.3. The quantitative estimate of drug-likeness (QED) is 0.160. The average molecular weight is 795 g/mol. The summed E-state index contributed by atoms with van der Waals surface area (Å²) in [6.07, 6.45) is 3.74. The molecule has 290 valence electrons. The molecule has 6 nitrogen and oxygen atoms in total. The van der Waals surface area contributed by atoms with Crippen LogP contribution in [-0.2, 0) is 0 Å². The van der Waals surface area contributed by atoms with E-state index in [0.29, 0.717) is 11.6 Å². The first kappa shape index (κ1) is 35.5. The molecule has 6 heteroatoms. The summed E-state index contributed by atoms with van der Waals surface area (Å²) >= 11 is 0. The van der Waals surface area contributed by atoms with Crippen LogP contribution in [0.3, 0.4) is 0 Å². The van der Waals surface area contributed by atoms with E-state index in [1.165, 1.54) is 0 Å². The van der Waals surface area contributed by atoms with Gasteiger partial charge in [-0.15, -0.1) is 0 Å². The van der Waals surface area contributed by atoms with Gasteiger partial charge in [0.2, 0.25) is 0 Å². The summed E-state index contributed by atoms with van der Waals surface area (Å²) in [5.41, 5.74) is 15.3. The number of aromatic nitrogens is 4. The number of para-hydroxylation sites is 2. The summed E-state index contributed by atoms with van der Waals surface area (Å²) in [6, 6.07) is 66.5. The van der Waals surface area contributed by atoms with Crippen LogP contribution in [0.15, 0.2) is 215 Å². The van der Waals surface area contributed by atoms with Crippen molar-refractivity contribution >= 4 is 43.9 Å². The predicted octanol–water partition coefficient (Wildman–Crippen LogP) is 14.7. The lowest BCUT2D eigenvalue weighted by Crippen LogP contribution is -1.96. The largest absolute Gasteiger partial charge is 0.456 e. The first-order chi connectivity index (χ1) is 30.7. The van der Waals surface area contributed by atoms with Gasteiger partial charge in [0, 0.05) is 67.3 Å². The van der Waals surface area contributed by atoms with Crippen molar-refractivity contribution in [1.82, 2.24) is 19.9 Å². The van der Waals surface area contributed by atoms with Crippen LogP contribution in [-0.4, -0.2) is 19.9 Å². The summed E-state index contributed by atoms with van der Waals surface area (Å²) in [5.74, 6) is 1.30. The van der Waals surface area contributed by atoms with Gasteiger partial charge in [-0.25, -0.2) is 19.9 Å². The smallest absolute Gasteiger partial charge is 0.160 e. The van der Waals surface area contributed by atoms with Gasteiger partial charge in [0.05, 0.1) is 11.4 Å². The summed E-state index contributed by atoms with van der Waals surface area (Å²) in [6.45, 7) is 0. The van der Waals surface area contributed by atoms with Crippen LogP contribution >= 0.6 is 0 Å². The van der Waals surface area contributed by atoms with E-state index in [4.69, 9.17) is 18.8 Å². The molecule has 0 aliphatic rings. The van der Waals surface area contributed by atoms with E-state index >= 15 is 0 Å². The molecule has 0 saturated heterocycles. The molecule has 12 aromatic rings. The number of rotatable bonds is 7. The van der Waals surface area contributed by atoms with E-state index in [9.17, 15) is 0 Å². The van der Waals surface area contributed by atoms with Crippen LogP contribution in [0.4, 0.5) is 0 Å². The Bertz CT molecular complexity index is 3600. The fourth-order valence-electron chi connectivity index (χ4n) is 8.52. The Labute approximate surface area is 356 Å².